The van der Waals surface area contributed by atoms with Crippen molar-refractivity contribution >= 4 is 16.9 Å². The van der Waals surface area contributed by atoms with Crippen molar-refractivity contribution in [3.63, 3.8) is 0 Å². The molecule has 0 aromatic heterocycles. The van der Waals surface area contributed by atoms with Crippen LogP contribution in [-0.2, 0) is 0 Å². The fourth-order valence-corrected chi connectivity index (χ4v) is 3.99. The SMILES string of the molecule is CC1CCCC(NC2=N[C@@H](C(C)C)CS2)C1C. The zero-order valence-electron chi connectivity index (χ0n) is 11.6. The fourth-order valence-electron chi connectivity index (χ4n) is 2.75. The minimum absolute atomic E-state index is 0.527. The molecule has 4 atom stereocenters. The third-order valence-electron chi connectivity index (χ3n) is 4.46. The Hall–Kier alpha value is -0.180. The summed E-state index contributed by atoms with van der Waals surface area (Å²) in [6, 6.07) is 1.18. The zero-order valence-corrected chi connectivity index (χ0v) is 12.4. The molecule has 1 aliphatic heterocycles. The first-order chi connectivity index (χ1) is 8.08. The average molecular weight is 254 g/mol. The van der Waals surface area contributed by atoms with Gasteiger partial charge in [0, 0.05) is 11.8 Å². The third kappa shape index (κ3) is 3.18. The van der Waals surface area contributed by atoms with Gasteiger partial charge in [0.05, 0.1) is 6.04 Å². The summed E-state index contributed by atoms with van der Waals surface area (Å²) in [5.41, 5.74) is 0. The zero-order chi connectivity index (χ0) is 12.4. The van der Waals surface area contributed by atoms with E-state index < -0.39 is 0 Å². The highest BCUT2D eigenvalue weighted by atomic mass is 32.2. The van der Waals surface area contributed by atoms with Gasteiger partial charge in [-0.2, -0.15) is 0 Å². The summed E-state index contributed by atoms with van der Waals surface area (Å²) >= 11 is 1.91. The second kappa shape index (κ2) is 5.64. The van der Waals surface area contributed by atoms with Gasteiger partial charge < -0.3 is 5.32 Å². The number of nitrogens with one attached hydrogen (secondary N) is 1. The van der Waals surface area contributed by atoms with Crippen LogP contribution in [-0.4, -0.2) is 23.0 Å². The Labute approximate surface area is 110 Å². The lowest BCUT2D eigenvalue weighted by Gasteiger charge is -2.34. The Morgan fingerprint density at radius 3 is 2.71 bits per heavy atom. The molecule has 0 amide bonds. The molecule has 0 aromatic rings. The van der Waals surface area contributed by atoms with Crippen molar-refractivity contribution in [2.24, 2.45) is 22.7 Å². The first-order valence-electron chi connectivity index (χ1n) is 7.05. The van der Waals surface area contributed by atoms with Gasteiger partial charge in [0.1, 0.15) is 0 Å². The maximum Gasteiger partial charge on any atom is 0.157 e. The van der Waals surface area contributed by atoms with Crippen molar-refractivity contribution < 1.29 is 0 Å². The number of hydrogen-bond donors (Lipinski definition) is 1. The van der Waals surface area contributed by atoms with Gasteiger partial charge in [-0.3, -0.25) is 4.99 Å². The number of thioether (sulfide) groups is 1. The van der Waals surface area contributed by atoms with Gasteiger partial charge in [0.25, 0.3) is 0 Å². The molecule has 1 N–H and O–H groups in total. The second-order valence-corrected chi connectivity index (χ2v) is 7.08. The number of hydrogen-bond acceptors (Lipinski definition) is 3. The summed E-state index contributed by atoms with van der Waals surface area (Å²) in [6.07, 6.45) is 4.08. The number of nitrogens with zero attached hydrogens (tertiary/aromatic N) is 1. The molecule has 3 heteroatoms. The van der Waals surface area contributed by atoms with Gasteiger partial charge >= 0.3 is 0 Å². The Kier molecular flexibility index (Phi) is 4.40. The smallest absolute Gasteiger partial charge is 0.157 e. The molecule has 2 nitrogen and oxygen atoms in total. The van der Waals surface area contributed by atoms with Crippen LogP contribution in [0.2, 0.25) is 0 Å². The maximum atomic E-state index is 4.81. The van der Waals surface area contributed by atoms with E-state index >= 15 is 0 Å². The van der Waals surface area contributed by atoms with Crippen molar-refractivity contribution in [2.75, 3.05) is 5.75 Å². The molecule has 0 aromatic carbocycles. The van der Waals surface area contributed by atoms with E-state index in [1.807, 2.05) is 11.8 Å². The molecule has 98 valence electrons. The minimum Gasteiger partial charge on any atom is -0.362 e. The summed E-state index contributed by atoms with van der Waals surface area (Å²) in [6.45, 7) is 9.31. The lowest BCUT2D eigenvalue weighted by atomic mass is 9.78. The normalized spacial score (nSPS) is 38.3. The molecular weight excluding hydrogens is 228 g/mol. The molecule has 0 bridgehead atoms. The minimum atomic E-state index is 0.527. The van der Waals surface area contributed by atoms with E-state index in [2.05, 4.69) is 33.0 Å². The van der Waals surface area contributed by atoms with E-state index in [1.54, 1.807) is 0 Å². The molecule has 0 radical (unpaired) electrons. The standard InChI is InChI=1S/C14H26N2S/c1-9(2)13-8-17-14(16-13)15-12-7-5-6-10(3)11(12)4/h9-13H,5-8H2,1-4H3,(H,15,16)/t10?,11?,12?,13-/m1/s1. The summed E-state index contributed by atoms with van der Waals surface area (Å²) in [5, 5.41) is 4.90. The monoisotopic (exact) mass is 254 g/mol. The van der Waals surface area contributed by atoms with Gasteiger partial charge in [-0.15, -0.1) is 0 Å². The van der Waals surface area contributed by atoms with Gasteiger partial charge in [0.2, 0.25) is 0 Å². The van der Waals surface area contributed by atoms with Gasteiger partial charge in [-0.1, -0.05) is 52.3 Å². The van der Waals surface area contributed by atoms with Gasteiger partial charge in [0.15, 0.2) is 5.17 Å². The first-order valence-corrected chi connectivity index (χ1v) is 8.03. The average Bonchev–Trinajstić information content (AvgIpc) is 2.73. The fraction of sp³-hybridized carbons (Fsp3) is 0.929. The molecule has 2 aliphatic rings. The van der Waals surface area contributed by atoms with Crippen molar-refractivity contribution in [3.05, 3.63) is 0 Å². The van der Waals surface area contributed by atoms with Crippen LogP contribution in [0.5, 0.6) is 0 Å². The van der Waals surface area contributed by atoms with E-state index in [1.165, 1.54) is 24.4 Å². The highest BCUT2D eigenvalue weighted by Crippen LogP contribution is 2.31. The summed E-state index contributed by atoms with van der Waals surface area (Å²) < 4.78 is 0. The van der Waals surface area contributed by atoms with Crippen LogP contribution >= 0.6 is 11.8 Å². The van der Waals surface area contributed by atoms with Crippen LogP contribution in [0.1, 0.15) is 47.0 Å². The van der Waals surface area contributed by atoms with Crippen LogP contribution < -0.4 is 5.32 Å². The molecule has 1 saturated carbocycles. The maximum absolute atomic E-state index is 4.81. The number of amidine groups is 1. The van der Waals surface area contributed by atoms with Crippen LogP contribution in [0.25, 0.3) is 0 Å². The van der Waals surface area contributed by atoms with E-state index in [0.29, 0.717) is 18.0 Å². The lowest BCUT2D eigenvalue weighted by molar-refractivity contribution is 0.225. The molecule has 0 spiro atoms. The van der Waals surface area contributed by atoms with Crippen molar-refractivity contribution in [3.8, 4) is 0 Å². The molecule has 0 saturated heterocycles. The van der Waals surface area contributed by atoms with Gasteiger partial charge in [-0.05, 0) is 24.2 Å². The van der Waals surface area contributed by atoms with E-state index in [-0.39, 0.29) is 0 Å². The highest BCUT2D eigenvalue weighted by molar-refractivity contribution is 8.14. The third-order valence-corrected chi connectivity index (χ3v) is 5.46. The van der Waals surface area contributed by atoms with Crippen LogP contribution in [0, 0.1) is 17.8 Å². The Morgan fingerprint density at radius 1 is 1.29 bits per heavy atom. The topological polar surface area (TPSA) is 24.4 Å². The Balaban J connectivity index is 1.91. The molecule has 3 unspecified atom stereocenters. The quantitative estimate of drug-likeness (QED) is 0.815. The number of rotatable bonds is 2. The molecular formula is C14H26N2S. The largest absolute Gasteiger partial charge is 0.362 e. The van der Waals surface area contributed by atoms with Crippen molar-refractivity contribution in [2.45, 2.75) is 59.0 Å². The van der Waals surface area contributed by atoms with Crippen molar-refractivity contribution in [1.29, 1.82) is 0 Å². The van der Waals surface area contributed by atoms with E-state index in [4.69, 9.17) is 4.99 Å². The molecule has 17 heavy (non-hydrogen) atoms. The summed E-state index contributed by atoms with van der Waals surface area (Å²) in [4.78, 5) is 4.81. The molecule has 1 aliphatic carbocycles. The second-order valence-electron chi connectivity index (χ2n) is 6.07. The predicted octanol–water partition coefficient (Wildman–Crippen LogP) is 3.53. The van der Waals surface area contributed by atoms with E-state index in [9.17, 15) is 0 Å². The Morgan fingerprint density at radius 2 is 2.06 bits per heavy atom. The van der Waals surface area contributed by atoms with Gasteiger partial charge in [-0.25, -0.2) is 0 Å². The molecule has 2 rings (SSSR count). The first kappa shape index (κ1) is 13.3. The summed E-state index contributed by atoms with van der Waals surface area (Å²) in [7, 11) is 0. The van der Waals surface area contributed by atoms with Crippen LogP contribution in [0.4, 0.5) is 0 Å². The molecule has 1 fully saturated rings. The Bertz CT molecular complexity index is 288. The number of aliphatic imine (C=N–C) groups is 1. The van der Waals surface area contributed by atoms with Crippen LogP contribution in [0.3, 0.4) is 0 Å². The predicted molar refractivity (Wildman–Crippen MR) is 77.6 cm³/mol. The van der Waals surface area contributed by atoms with Crippen LogP contribution in [0.15, 0.2) is 4.99 Å². The highest BCUT2D eigenvalue weighted by Gasteiger charge is 2.29. The lowest BCUT2D eigenvalue weighted by Crippen LogP contribution is -2.42. The van der Waals surface area contributed by atoms with E-state index in [0.717, 1.165) is 17.6 Å². The summed E-state index contributed by atoms with van der Waals surface area (Å²) in [5.74, 6) is 3.47. The van der Waals surface area contributed by atoms with Crippen molar-refractivity contribution in [1.82, 2.24) is 5.32 Å². The molecule has 1 heterocycles.